The molecule has 1 fully saturated rings. The van der Waals surface area contributed by atoms with Crippen molar-refractivity contribution in [2.24, 2.45) is 0 Å². The molecule has 1 aliphatic rings. The van der Waals surface area contributed by atoms with Crippen LogP contribution in [-0.4, -0.2) is 39.3 Å². The smallest absolute Gasteiger partial charge is 0.242 e. The molecule has 94 valence electrons. The van der Waals surface area contributed by atoms with Crippen molar-refractivity contribution in [3.63, 3.8) is 0 Å². The monoisotopic (exact) mass is 256 g/mol. The molecule has 0 aromatic heterocycles. The standard InChI is InChI=1S/C11H16N2O3S/c1-11(14)7-13(8-11)9-5-3-4-6-10(9)17(15,16)12-2/h3-6,12,14H,7-8H2,1-2H3. The van der Waals surface area contributed by atoms with E-state index < -0.39 is 15.6 Å². The molecule has 0 saturated carbocycles. The summed E-state index contributed by atoms with van der Waals surface area (Å²) in [4.78, 5) is 2.10. The summed E-state index contributed by atoms with van der Waals surface area (Å²) in [5, 5.41) is 9.69. The molecule has 1 aromatic carbocycles. The normalized spacial score (nSPS) is 18.9. The van der Waals surface area contributed by atoms with E-state index in [2.05, 4.69) is 4.72 Å². The fourth-order valence-electron chi connectivity index (χ4n) is 2.00. The largest absolute Gasteiger partial charge is 0.386 e. The van der Waals surface area contributed by atoms with E-state index in [0.717, 1.165) is 0 Å². The lowest BCUT2D eigenvalue weighted by atomic mass is 9.96. The third-order valence-corrected chi connectivity index (χ3v) is 4.29. The van der Waals surface area contributed by atoms with Gasteiger partial charge in [-0.2, -0.15) is 0 Å². The van der Waals surface area contributed by atoms with Gasteiger partial charge in [0.05, 0.1) is 11.3 Å². The SMILES string of the molecule is CNS(=O)(=O)c1ccccc1N1CC(C)(O)C1. The zero-order chi connectivity index (χ0) is 12.7. The number of hydrogen-bond donors (Lipinski definition) is 2. The number of anilines is 1. The summed E-state index contributed by atoms with van der Waals surface area (Å²) < 4.78 is 26.0. The number of hydrogen-bond acceptors (Lipinski definition) is 4. The molecule has 0 radical (unpaired) electrons. The first-order chi connectivity index (χ1) is 7.86. The Bertz CT molecular complexity index is 517. The topological polar surface area (TPSA) is 69.6 Å². The number of sulfonamides is 1. The van der Waals surface area contributed by atoms with Crippen LogP contribution in [0.2, 0.25) is 0 Å². The molecule has 2 rings (SSSR count). The maximum absolute atomic E-state index is 11.8. The third kappa shape index (κ3) is 2.29. The Kier molecular flexibility index (Phi) is 2.89. The van der Waals surface area contributed by atoms with Crippen LogP contribution in [-0.2, 0) is 10.0 Å². The van der Waals surface area contributed by atoms with Gasteiger partial charge in [-0.1, -0.05) is 12.1 Å². The molecule has 6 heteroatoms. The molecular formula is C11H16N2O3S. The van der Waals surface area contributed by atoms with Gasteiger partial charge in [0.1, 0.15) is 4.90 Å². The summed E-state index contributed by atoms with van der Waals surface area (Å²) in [7, 11) is -2.07. The molecule has 2 N–H and O–H groups in total. The second-order valence-corrected chi connectivity index (χ2v) is 6.38. The van der Waals surface area contributed by atoms with Crippen LogP contribution in [0.4, 0.5) is 5.69 Å². The van der Waals surface area contributed by atoms with Crippen LogP contribution in [0.25, 0.3) is 0 Å². The van der Waals surface area contributed by atoms with Crippen molar-refractivity contribution in [2.45, 2.75) is 17.4 Å². The van der Waals surface area contributed by atoms with E-state index in [9.17, 15) is 13.5 Å². The minimum Gasteiger partial charge on any atom is -0.386 e. The average molecular weight is 256 g/mol. The Hall–Kier alpha value is -1.11. The van der Waals surface area contributed by atoms with E-state index in [1.807, 2.05) is 4.90 Å². The Morgan fingerprint density at radius 3 is 2.47 bits per heavy atom. The minimum absolute atomic E-state index is 0.248. The molecule has 5 nitrogen and oxygen atoms in total. The van der Waals surface area contributed by atoms with Crippen molar-refractivity contribution >= 4 is 15.7 Å². The number of para-hydroxylation sites is 1. The van der Waals surface area contributed by atoms with Gasteiger partial charge in [-0.05, 0) is 26.1 Å². The van der Waals surface area contributed by atoms with E-state index in [-0.39, 0.29) is 4.90 Å². The highest BCUT2D eigenvalue weighted by atomic mass is 32.2. The van der Waals surface area contributed by atoms with Gasteiger partial charge in [-0.15, -0.1) is 0 Å². The molecule has 0 spiro atoms. The number of nitrogens with zero attached hydrogens (tertiary/aromatic N) is 1. The van der Waals surface area contributed by atoms with Crippen molar-refractivity contribution in [2.75, 3.05) is 25.0 Å². The summed E-state index contributed by atoms with van der Waals surface area (Å²) in [5.41, 5.74) is -0.0929. The summed E-state index contributed by atoms with van der Waals surface area (Å²) >= 11 is 0. The van der Waals surface area contributed by atoms with Gasteiger partial charge in [0, 0.05) is 13.1 Å². The van der Waals surface area contributed by atoms with Gasteiger partial charge in [0.15, 0.2) is 0 Å². The second-order valence-electron chi connectivity index (χ2n) is 4.53. The maximum Gasteiger partial charge on any atom is 0.242 e. The molecule has 1 aromatic rings. The Morgan fingerprint density at radius 1 is 1.35 bits per heavy atom. The van der Waals surface area contributed by atoms with E-state index >= 15 is 0 Å². The summed E-state index contributed by atoms with van der Waals surface area (Å²) in [6.45, 7) is 2.63. The van der Waals surface area contributed by atoms with Crippen LogP contribution in [0.1, 0.15) is 6.92 Å². The van der Waals surface area contributed by atoms with Crippen molar-refractivity contribution in [1.82, 2.24) is 4.72 Å². The predicted octanol–water partition coefficient (Wildman–Crippen LogP) is 0.166. The predicted molar refractivity (Wildman–Crippen MR) is 65.5 cm³/mol. The number of benzene rings is 1. The molecule has 0 atom stereocenters. The van der Waals surface area contributed by atoms with Crippen LogP contribution in [0.15, 0.2) is 29.2 Å². The molecule has 0 aliphatic carbocycles. The maximum atomic E-state index is 11.8. The van der Waals surface area contributed by atoms with Gasteiger partial charge in [-0.3, -0.25) is 0 Å². The Labute approximate surface area is 101 Å². The summed E-state index contributed by atoms with van der Waals surface area (Å²) in [6, 6.07) is 6.79. The summed E-state index contributed by atoms with van der Waals surface area (Å²) in [6.07, 6.45) is 0. The first-order valence-corrected chi connectivity index (χ1v) is 6.84. The van der Waals surface area contributed by atoms with Gasteiger partial charge < -0.3 is 10.0 Å². The summed E-state index contributed by atoms with van der Waals surface area (Å²) in [5.74, 6) is 0. The lowest BCUT2D eigenvalue weighted by Gasteiger charge is -2.46. The molecule has 0 unspecified atom stereocenters. The Balaban J connectivity index is 2.37. The third-order valence-electron chi connectivity index (χ3n) is 2.83. The van der Waals surface area contributed by atoms with Gasteiger partial charge >= 0.3 is 0 Å². The van der Waals surface area contributed by atoms with Crippen LogP contribution in [0.5, 0.6) is 0 Å². The van der Waals surface area contributed by atoms with Crippen LogP contribution in [0.3, 0.4) is 0 Å². The van der Waals surface area contributed by atoms with E-state index in [0.29, 0.717) is 18.8 Å². The molecule has 1 saturated heterocycles. The minimum atomic E-state index is -3.46. The Morgan fingerprint density at radius 2 is 1.94 bits per heavy atom. The van der Waals surface area contributed by atoms with Gasteiger partial charge in [0.25, 0.3) is 0 Å². The molecule has 0 amide bonds. The molecule has 0 bridgehead atoms. The number of β-amino-alcohol motifs (C(OH)–C–C–N with tert-alkyl or cyclic N) is 1. The fourth-order valence-corrected chi connectivity index (χ4v) is 2.95. The van der Waals surface area contributed by atoms with Gasteiger partial charge in [-0.25, -0.2) is 13.1 Å². The van der Waals surface area contributed by atoms with Crippen molar-refractivity contribution in [3.8, 4) is 0 Å². The molecule has 17 heavy (non-hydrogen) atoms. The van der Waals surface area contributed by atoms with Gasteiger partial charge in [0.2, 0.25) is 10.0 Å². The number of aliphatic hydroxyl groups is 1. The van der Waals surface area contributed by atoms with Crippen LogP contribution >= 0.6 is 0 Å². The van der Waals surface area contributed by atoms with Crippen LogP contribution < -0.4 is 9.62 Å². The van der Waals surface area contributed by atoms with E-state index in [1.54, 1.807) is 31.2 Å². The number of nitrogens with one attached hydrogen (secondary N) is 1. The second kappa shape index (κ2) is 3.97. The van der Waals surface area contributed by atoms with Crippen molar-refractivity contribution in [3.05, 3.63) is 24.3 Å². The van der Waals surface area contributed by atoms with Crippen molar-refractivity contribution < 1.29 is 13.5 Å². The van der Waals surface area contributed by atoms with Crippen LogP contribution in [0, 0.1) is 0 Å². The zero-order valence-electron chi connectivity index (χ0n) is 9.84. The highest BCUT2D eigenvalue weighted by molar-refractivity contribution is 7.89. The molecule has 1 heterocycles. The van der Waals surface area contributed by atoms with Crippen molar-refractivity contribution in [1.29, 1.82) is 0 Å². The average Bonchev–Trinajstić information content (AvgIpc) is 2.26. The zero-order valence-corrected chi connectivity index (χ0v) is 10.7. The molecular weight excluding hydrogens is 240 g/mol. The first-order valence-electron chi connectivity index (χ1n) is 5.36. The fraction of sp³-hybridized carbons (Fsp3) is 0.455. The lowest BCUT2D eigenvalue weighted by molar-refractivity contribution is 0.0307. The quantitative estimate of drug-likeness (QED) is 0.808. The van der Waals surface area contributed by atoms with E-state index in [4.69, 9.17) is 0 Å². The number of rotatable bonds is 3. The highest BCUT2D eigenvalue weighted by Gasteiger charge is 2.38. The lowest BCUT2D eigenvalue weighted by Crippen LogP contribution is -2.60. The first kappa shape index (κ1) is 12.3. The van der Waals surface area contributed by atoms with E-state index in [1.165, 1.54) is 7.05 Å². The molecule has 1 aliphatic heterocycles. The highest BCUT2D eigenvalue weighted by Crippen LogP contribution is 2.32.